The van der Waals surface area contributed by atoms with Gasteiger partial charge in [0.2, 0.25) is 5.95 Å². The highest BCUT2D eigenvalue weighted by Gasteiger charge is 2.35. The van der Waals surface area contributed by atoms with E-state index in [0.717, 1.165) is 6.07 Å². The number of halogens is 3. The number of carbonyl (C=O) groups is 1. The normalized spacial score (nSPS) is 17.1. The largest absolute Gasteiger partial charge is 0.497 e. The number of ether oxygens (including phenoxy) is 2. The van der Waals surface area contributed by atoms with Crippen molar-refractivity contribution >= 4 is 11.9 Å². The summed E-state index contributed by atoms with van der Waals surface area (Å²) in [5, 5.41) is 0. The van der Waals surface area contributed by atoms with Gasteiger partial charge in [-0.15, -0.1) is 0 Å². The Morgan fingerprint density at radius 2 is 2.07 bits per heavy atom. The second-order valence-corrected chi connectivity index (χ2v) is 6.71. The number of esters is 1. The summed E-state index contributed by atoms with van der Waals surface area (Å²) in [4.78, 5) is 21.8. The Hall–Kier alpha value is -2.84. The topological polar surface area (TPSA) is 64.5 Å². The highest BCUT2D eigenvalue weighted by atomic mass is 19.4. The van der Waals surface area contributed by atoms with Gasteiger partial charge in [-0.3, -0.25) is 4.79 Å². The molecule has 1 aliphatic rings. The van der Waals surface area contributed by atoms with Crippen molar-refractivity contribution in [1.82, 2.24) is 9.97 Å². The van der Waals surface area contributed by atoms with Gasteiger partial charge in [0.05, 0.1) is 25.3 Å². The number of hydrogen-bond acceptors (Lipinski definition) is 6. The van der Waals surface area contributed by atoms with Crippen LogP contribution in [0.5, 0.6) is 5.75 Å². The van der Waals surface area contributed by atoms with Gasteiger partial charge >= 0.3 is 12.1 Å². The van der Waals surface area contributed by atoms with Gasteiger partial charge in [0.1, 0.15) is 5.75 Å². The first-order valence-corrected chi connectivity index (χ1v) is 9.34. The molecule has 0 amide bonds. The maximum Gasteiger partial charge on any atom is 0.433 e. The summed E-state index contributed by atoms with van der Waals surface area (Å²) in [6.07, 6.45) is -3.36. The Bertz CT molecular complexity index is 874. The SMILES string of the molecule is CCOC(=O)[C@H]1CCCN(c2nc(-c3cccc(OC)c3)cc(C(F)(F)F)n2)C1. The Labute approximate surface area is 166 Å². The van der Waals surface area contributed by atoms with Crippen LogP contribution in [0.25, 0.3) is 11.3 Å². The molecule has 1 saturated heterocycles. The van der Waals surface area contributed by atoms with E-state index in [-0.39, 0.29) is 30.8 Å². The molecular formula is C20H22F3N3O3. The van der Waals surface area contributed by atoms with Gasteiger partial charge in [-0.25, -0.2) is 9.97 Å². The van der Waals surface area contributed by atoms with Gasteiger partial charge < -0.3 is 14.4 Å². The minimum Gasteiger partial charge on any atom is -0.497 e. The van der Waals surface area contributed by atoms with Crippen LogP contribution in [0.1, 0.15) is 25.5 Å². The maximum atomic E-state index is 13.5. The van der Waals surface area contributed by atoms with Crippen molar-refractivity contribution in [3.63, 3.8) is 0 Å². The zero-order valence-corrected chi connectivity index (χ0v) is 16.2. The fourth-order valence-electron chi connectivity index (χ4n) is 3.26. The summed E-state index contributed by atoms with van der Waals surface area (Å²) in [6, 6.07) is 7.58. The molecule has 9 heteroatoms. The molecule has 2 heterocycles. The third-order valence-electron chi connectivity index (χ3n) is 4.69. The van der Waals surface area contributed by atoms with E-state index < -0.39 is 17.8 Å². The van der Waals surface area contributed by atoms with Crippen molar-refractivity contribution in [1.29, 1.82) is 0 Å². The van der Waals surface area contributed by atoms with Crippen LogP contribution in [0, 0.1) is 5.92 Å². The summed E-state index contributed by atoms with van der Waals surface area (Å²) >= 11 is 0. The highest BCUT2D eigenvalue weighted by Crippen LogP contribution is 2.33. The van der Waals surface area contributed by atoms with Crippen LogP contribution in [0.4, 0.5) is 19.1 Å². The number of benzene rings is 1. The lowest BCUT2D eigenvalue weighted by atomic mass is 9.98. The van der Waals surface area contributed by atoms with E-state index in [1.54, 1.807) is 36.1 Å². The van der Waals surface area contributed by atoms with Crippen molar-refractivity contribution in [2.45, 2.75) is 25.9 Å². The summed E-state index contributed by atoms with van der Waals surface area (Å²) in [7, 11) is 1.48. The molecule has 156 valence electrons. The number of anilines is 1. The third-order valence-corrected chi connectivity index (χ3v) is 4.69. The number of hydrogen-bond donors (Lipinski definition) is 0. The molecule has 1 aromatic heterocycles. The molecule has 0 unspecified atom stereocenters. The van der Waals surface area contributed by atoms with Crippen LogP contribution in [0.15, 0.2) is 30.3 Å². The highest BCUT2D eigenvalue weighted by molar-refractivity contribution is 5.73. The lowest BCUT2D eigenvalue weighted by Gasteiger charge is -2.32. The summed E-state index contributed by atoms with van der Waals surface area (Å²) < 4.78 is 50.6. The van der Waals surface area contributed by atoms with Crippen molar-refractivity contribution in [2.24, 2.45) is 5.92 Å². The number of nitrogens with zero attached hydrogens (tertiary/aromatic N) is 3. The van der Waals surface area contributed by atoms with Gasteiger partial charge in [0, 0.05) is 18.7 Å². The number of carbonyl (C=O) groups excluding carboxylic acids is 1. The van der Waals surface area contributed by atoms with Crippen LogP contribution in [-0.2, 0) is 15.7 Å². The van der Waals surface area contributed by atoms with E-state index in [4.69, 9.17) is 9.47 Å². The molecule has 0 N–H and O–H groups in total. The Balaban J connectivity index is 1.98. The van der Waals surface area contributed by atoms with Gasteiger partial charge in [-0.2, -0.15) is 13.2 Å². The van der Waals surface area contributed by atoms with Crippen LogP contribution < -0.4 is 9.64 Å². The van der Waals surface area contributed by atoms with Gasteiger partial charge in [0.25, 0.3) is 0 Å². The first kappa shape index (κ1) is 20.9. The molecule has 0 aliphatic carbocycles. The summed E-state index contributed by atoms with van der Waals surface area (Å²) in [6.45, 7) is 2.66. The molecule has 0 bridgehead atoms. The monoisotopic (exact) mass is 409 g/mol. The van der Waals surface area contributed by atoms with E-state index in [9.17, 15) is 18.0 Å². The minimum atomic E-state index is -4.62. The molecular weight excluding hydrogens is 387 g/mol. The number of methoxy groups -OCH3 is 1. The number of piperidine rings is 1. The van der Waals surface area contributed by atoms with Gasteiger partial charge in [0.15, 0.2) is 5.69 Å². The van der Waals surface area contributed by atoms with E-state index in [0.29, 0.717) is 30.7 Å². The Morgan fingerprint density at radius 3 is 2.76 bits per heavy atom. The second kappa shape index (κ2) is 8.67. The summed E-state index contributed by atoms with van der Waals surface area (Å²) in [5.74, 6) is -0.303. The fourth-order valence-corrected chi connectivity index (χ4v) is 3.26. The second-order valence-electron chi connectivity index (χ2n) is 6.71. The van der Waals surface area contributed by atoms with E-state index in [1.807, 2.05) is 0 Å². The first-order valence-electron chi connectivity index (χ1n) is 9.34. The standard InChI is InChI=1S/C20H22F3N3O3/c1-3-29-18(27)14-7-5-9-26(12-14)19-24-16(11-17(25-19)20(21,22)23)13-6-4-8-15(10-13)28-2/h4,6,8,10-11,14H,3,5,7,9,12H2,1-2H3/t14-/m0/s1. The fraction of sp³-hybridized carbons (Fsp3) is 0.450. The molecule has 0 radical (unpaired) electrons. The zero-order valence-electron chi connectivity index (χ0n) is 16.2. The molecule has 2 aromatic rings. The molecule has 6 nitrogen and oxygen atoms in total. The van der Waals surface area contributed by atoms with Gasteiger partial charge in [-0.05, 0) is 38.0 Å². The molecule has 29 heavy (non-hydrogen) atoms. The van der Waals surface area contributed by atoms with Crippen LogP contribution in [0.3, 0.4) is 0 Å². The zero-order chi connectivity index (χ0) is 21.0. The van der Waals surface area contributed by atoms with Crippen LogP contribution in [0.2, 0.25) is 0 Å². The molecule has 1 aromatic carbocycles. The Kier molecular flexibility index (Phi) is 6.24. The number of rotatable bonds is 5. The lowest BCUT2D eigenvalue weighted by Crippen LogP contribution is -2.40. The molecule has 0 spiro atoms. The number of aromatic nitrogens is 2. The Morgan fingerprint density at radius 1 is 1.28 bits per heavy atom. The predicted molar refractivity (Wildman–Crippen MR) is 101 cm³/mol. The quantitative estimate of drug-likeness (QED) is 0.697. The molecule has 3 rings (SSSR count). The molecule has 1 atom stereocenters. The molecule has 0 saturated carbocycles. The first-order chi connectivity index (χ1) is 13.8. The average Bonchev–Trinajstić information content (AvgIpc) is 2.73. The summed E-state index contributed by atoms with van der Waals surface area (Å²) in [5.41, 5.74) is -0.407. The van der Waals surface area contributed by atoms with Gasteiger partial charge in [-0.1, -0.05) is 12.1 Å². The van der Waals surface area contributed by atoms with Crippen LogP contribution >= 0.6 is 0 Å². The van der Waals surface area contributed by atoms with E-state index in [1.165, 1.54) is 7.11 Å². The minimum absolute atomic E-state index is 0.0494. The van der Waals surface area contributed by atoms with E-state index >= 15 is 0 Å². The van der Waals surface area contributed by atoms with Crippen molar-refractivity contribution in [2.75, 3.05) is 31.7 Å². The predicted octanol–water partition coefficient (Wildman–Crippen LogP) is 3.95. The molecule has 1 fully saturated rings. The van der Waals surface area contributed by atoms with Crippen LogP contribution in [-0.4, -0.2) is 42.7 Å². The van der Waals surface area contributed by atoms with E-state index in [2.05, 4.69) is 9.97 Å². The van der Waals surface area contributed by atoms with Crippen molar-refractivity contribution in [3.05, 3.63) is 36.0 Å². The van der Waals surface area contributed by atoms with Crippen molar-refractivity contribution in [3.8, 4) is 17.0 Å². The van der Waals surface area contributed by atoms with Crippen molar-refractivity contribution < 1.29 is 27.4 Å². The smallest absolute Gasteiger partial charge is 0.433 e. The lowest BCUT2D eigenvalue weighted by molar-refractivity contribution is -0.148. The number of alkyl halides is 3. The average molecular weight is 409 g/mol. The third kappa shape index (κ3) is 4.96. The maximum absolute atomic E-state index is 13.5. The molecule has 1 aliphatic heterocycles.